The number of nitrogens with one attached hydrogen (secondary N) is 4. The minimum atomic E-state index is -0.260. The lowest BCUT2D eigenvalue weighted by Gasteiger charge is -2.29. The zero-order valence-electron chi connectivity index (χ0n) is 19.1. The third-order valence-electron chi connectivity index (χ3n) is 6.40. The predicted octanol–water partition coefficient (Wildman–Crippen LogP) is 2.57. The highest BCUT2D eigenvalue weighted by atomic mass is 16.2. The molecule has 2 aliphatic rings. The van der Waals surface area contributed by atoms with Crippen LogP contribution in [0, 0.1) is 0 Å². The van der Waals surface area contributed by atoms with E-state index in [-0.39, 0.29) is 18.1 Å². The van der Waals surface area contributed by atoms with Crippen LogP contribution in [0.5, 0.6) is 0 Å². The fourth-order valence-corrected chi connectivity index (χ4v) is 4.45. The maximum atomic E-state index is 12.4. The quantitative estimate of drug-likeness (QED) is 0.392. The average molecular weight is 462 g/mol. The topological polar surface area (TPSA) is 133 Å². The van der Waals surface area contributed by atoms with Crippen molar-refractivity contribution in [1.82, 2.24) is 25.6 Å². The fourth-order valence-electron chi connectivity index (χ4n) is 4.45. The molecule has 2 amide bonds. The Kier molecular flexibility index (Phi) is 6.68. The van der Waals surface area contributed by atoms with Gasteiger partial charge < -0.3 is 26.6 Å². The maximum Gasteiger partial charge on any atom is 0.320 e. The number of rotatable bonds is 5. The summed E-state index contributed by atoms with van der Waals surface area (Å²) < 4.78 is 0. The predicted molar refractivity (Wildman–Crippen MR) is 135 cm³/mol. The van der Waals surface area contributed by atoms with Crippen LogP contribution in [0.2, 0.25) is 0 Å². The SMILES string of the molecule is NC1CCC(NC(=O)Nc2ccc3cnc(Nc4ccc(N5CCNCC5)cc4)nc3n2)CC1. The van der Waals surface area contributed by atoms with E-state index < -0.39 is 0 Å². The van der Waals surface area contributed by atoms with Crippen LogP contribution in [0.15, 0.2) is 42.6 Å². The number of fused-ring (bicyclic) bond motifs is 1. The van der Waals surface area contributed by atoms with Gasteiger partial charge in [0.05, 0.1) is 0 Å². The summed E-state index contributed by atoms with van der Waals surface area (Å²) in [5.41, 5.74) is 8.56. The fraction of sp³-hybridized carbons (Fsp3) is 0.417. The van der Waals surface area contributed by atoms with Gasteiger partial charge in [0.25, 0.3) is 0 Å². The largest absolute Gasteiger partial charge is 0.369 e. The molecule has 1 aliphatic heterocycles. The zero-order valence-corrected chi connectivity index (χ0v) is 19.1. The van der Waals surface area contributed by atoms with Gasteiger partial charge in [-0.05, 0) is 62.1 Å². The molecule has 10 nitrogen and oxygen atoms in total. The second-order valence-electron chi connectivity index (χ2n) is 8.92. The number of hydrogen-bond acceptors (Lipinski definition) is 8. The van der Waals surface area contributed by atoms with Crippen LogP contribution < -0.4 is 31.9 Å². The first-order valence-corrected chi connectivity index (χ1v) is 11.9. The third-order valence-corrected chi connectivity index (χ3v) is 6.40. The van der Waals surface area contributed by atoms with Crippen molar-refractivity contribution < 1.29 is 4.79 Å². The third kappa shape index (κ3) is 5.52. The molecule has 1 aliphatic carbocycles. The summed E-state index contributed by atoms with van der Waals surface area (Å²) in [6.07, 6.45) is 5.40. The summed E-state index contributed by atoms with van der Waals surface area (Å²) in [4.78, 5) is 28.2. The Morgan fingerprint density at radius 2 is 1.76 bits per heavy atom. The van der Waals surface area contributed by atoms with Crippen molar-refractivity contribution in [2.75, 3.05) is 41.7 Å². The van der Waals surface area contributed by atoms with Crippen molar-refractivity contribution in [1.29, 1.82) is 0 Å². The number of anilines is 4. The summed E-state index contributed by atoms with van der Waals surface area (Å²) >= 11 is 0. The molecule has 0 spiro atoms. The number of nitrogens with two attached hydrogens (primary N) is 1. The summed E-state index contributed by atoms with van der Waals surface area (Å²) in [5, 5.41) is 13.2. The Balaban J connectivity index is 1.22. The Morgan fingerprint density at radius 1 is 1.00 bits per heavy atom. The Labute approximate surface area is 198 Å². The number of carbonyl (C=O) groups excluding carboxylic acids is 1. The summed E-state index contributed by atoms with van der Waals surface area (Å²) in [6, 6.07) is 12.0. The van der Waals surface area contributed by atoms with Gasteiger partial charge in [-0.15, -0.1) is 0 Å². The smallest absolute Gasteiger partial charge is 0.320 e. The Morgan fingerprint density at radius 3 is 2.53 bits per heavy atom. The van der Waals surface area contributed by atoms with Gasteiger partial charge in [0.15, 0.2) is 5.65 Å². The molecule has 1 aromatic carbocycles. The van der Waals surface area contributed by atoms with E-state index in [9.17, 15) is 4.79 Å². The number of carbonyl (C=O) groups is 1. The van der Waals surface area contributed by atoms with Crippen LogP contribution in [-0.2, 0) is 0 Å². The second kappa shape index (κ2) is 10.2. The molecule has 0 bridgehead atoms. The molecule has 1 saturated heterocycles. The number of hydrogen-bond donors (Lipinski definition) is 5. The Bertz CT molecular complexity index is 1120. The molecule has 2 aromatic heterocycles. The van der Waals surface area contributed by atoms with Gasteiger partial charge in [0.2, 0.25) is 5.95 Å². The number of nitrogens with zero attached hydrogens (tertiary/aromatic N) is 4. The highest BCUT2D eigenvalue weighted by Gasteiger charge is 2.20. The van der Waals surface area contributed by atoms with Crippen molar-refractivity contribution >= 4 is 40.2 Å². The summed E-state index contributed by atoms with van der Waals surface area (Å²) in [5.74, 6) is 0.901. The van der Waals surface area contributed by atoms with Crippen LogP contribution in [0.25, 0.3) is 11.0 Å². The van der Waals surface area contributed by atoms with E-state index in [4.69, 9.17) is 5.73 Å². The molecule has 10 heteroatoms. The van der Waals surface area contributed by atoms with Crippen LogP contribution in [0.1, 0.15) is 25.7 Å². The molecule has 0 atom stereocenters. The molecule has 6 N–H and O–H groups in total. The lowest BCUT2D eigenvalue weighted by Crippen LogP contribution is -2.43. The number of aromatic nitrogens is 3. The van der Waals surface area contributed by atoms with E-state index >= 15 is 0 Å². The maximum absolute atomic E-state index is 12.4. The molecule has 0 unspecified atom stereocenters. The highest BCUT2D eigenvalue weighted by molar-refractivity contribution is 5.90. The highest BCUT2D eigenvalue weighted by Crippen LogP contribution is 2.22. The lowest BCUT2D eigenvalue weighted by molar-refractivity contribution is 0.242. The molecule has 3 aromatic rings. The molecule has 178 valence electrons. The minimum absolute atomic E-state index is 0.149. The number of piperazine rings is 1. The van der Waals surface area contributed by atoms with Gasteiger partial charge in [-0.2, -0.15) is 4.98 Å². The first-order valence-electron chi connectivity index (χ1n) is 11.9. The molecular weight excluding hydrogens is 430 g/mol. The first kappa shape index (κ1) is 22.3. The molecule has 2 fully saturated rings. The van der Waals surface area contributed by atoms with Crippen LogP contribution in [0.4, 0.5) is 27.9 Å². The van der Waals surface area contributed by atoms with Gasteiger partial charge in [-0.25, -0.2) is 14.8 Å². The van der Waals surface area contributed by atoms with E-state index in [1.807, 2.05) is 18.2 Å². The van der Waals surface area contributed by atoms with Gasteiger partial charge in [-0.3, -0.25) is 5.32 Å². The van der Waals surface area contributed by atoms with E-state index in [0.717, 1.165) is 62.9 Å². The molecule has 34 heavy (non-hydrogen) atoms. The van der Waals surface area contributed by atoms with Gasteiger partial charge in [-0.1, -0.05) is 0 Å². The molecule has 1 saturated carbocycles. The summed E-state index contributed by atoms with van der Waals surface area (Å²) in [6.45, 7) is 4.03. The molecule has 0 radical (unpaired) electrons. The van der Waals surface area contributed by atoms with E-state index in [2.05, 4.69) is 53.3 Å². The Hall–Kier alpha value is -3.50. The van der Waals surface area contributed by atoms with E-state index in [1.165, 1.54) is 5.69 Å². The van der Waals surface area contributed by atoms with Crippen molar-refractivity contribution in [3.05, 3.63) is 42.6 Å². The van der Waals surface area contributed by atoms with E-state index in [1.54, 1.807) is 12.3 Å². The monoisotopic (exact) mass is 461 g/mol. The standard InChI is InChI=1S/C24H31N9O/c25-17-2-4-19(5-3-17)29-24(34)31-21-10-1-16-15-27-23(32-22(16)30-21)28-18-6-8-20(9-7-18)33-13-11-26-12-14-33/h1,6-10,15,17,19,26H,2-5,11-14,25H2,(H3,27,28,29,30,31,32,34). The van der Waals surface area contributed by atoms with Gasteiger partial charge >= 0.3 is 6.03 Å². The summed E-state index contributed by atoms with van der Waals surface area (Å²) in [7, 11) is 0. The number of benzene rings is 1. The minimum Gasteiger partial charge on any atom is -0.369 e. The van der Waals surface area contributed by atoms with Crippen LogP contribution in [0.3, 0.4) is 0 Å². The van der Waals surface area contributed by atoms with Gasteiger partial charge in [0.1, 0.15) is 5.82 Å². The molecular formula is C24H31N9O. The molecule has 5 rings (SSSR count). The molecule has 3 heterocycles. The van der Waals surface area contributed by atoms with Crippen molar-refractivity contribution in [2.24, 2.45) is 5.73 Å². The van der Waals surface area contributed by atoms with E-state index in [0.29, 0.717) is 17.4 Å². The average Bonchev–Trinajstić information content (AvgIpc) is 2.86. The van der Waals surface area contributed by atoms with Crippen molar-refractivity contribution in [3.63, 3.8) is 0 Å². The number of pyridine rings is 1. The normalized spacial score (nSPS) is 20.7. The van der Waals surface area contributed by atoms with Gasteiger partial charge in [0, 0.05) is 61.2 Å². The van der Waals surface area contributed by atoms with Crippen molar-refractivity contribution in [2.45, 2.75) is 37.8 Å². The number of amides is 2. The van der Waals surface area contributed by atoms with Crippen molar-refractivity contribution in [3.8, 4) is 0 Å². The zero-order chi connectivity index (χ0) is 23.3. The lowest BCUT2D eigenvalue weighted by atomic mass is 9.92. The second-order valence-corrected chi connectivity index (χ2v) is 8.92. The first-order chi connectivity index (χ1) is 16.6. The van der Waals surface area contributed by atoms with Crippen LogP contribution in [-0.4, -0.2) is 59.2 Å². The van der Waals surface area contributed by atoms with Crippen LogP contribution >= 0.6 is 0 Å². The number of urea groups is 1.